The van der Waals surface area contributed by atoms with Crippen LogP contribution < -0.4 is 9.47 Å². The topological polar surface area (TPSA) is 73.5 Å². The van der Waals surface area contributed by atoms with Crippen LogP contribution in [0.25, 0.3) is 0 Å². The monoisotopic (exact) mass is 169 g/mol. The maximum absolute atomic E-state index is 10.9. The number of pyridine rings is 1. The van der Waals surface area contributed by atoms with Gasteiger partial charge < -0.3 is 15.1 Å². The van der Waals surface area contributed by atoms with Crippen LogP contribution in [-0.4, -0.2) is 18.2 Å². The number of hydrogen-bond acceptors (Lipinski definition) is 3. The van der Waals surface area contributed by atoms with E-state index in [9.17, 15) is 10.0 Å². The van der Waals surface area contributed by atoms with Crippen LogP contribution in [0.4, 0.5) is 0 Å². The minimum absolute atomic E-state index is 0.251. The Morgan fingerprint density at radius 2 is 2.33 bits per heavy atom. The van der Waals surface area contributed by atoms with E-state index in [-0.39, 0.29) is 10.4 Å². The first kappa shape index (κ1) is 8.32. The van der Waals surface area contributed by atoms with Crippen molar-refractivity contribution in [2.24, 2.45) is 0 Å². The maximum Gasteiger partial charge on any atom is 0.402 e. The van der Waals surface area contributed by atoms with Gasteiger partial charge in [-0.2, -0.15) is 4.73 Å². The summed E-state index contributed by atoms with van der Waals surface area (Å²) >= 11 is 0. The first-order valence-corrected chi connectivity index (χ1v) is 3.15. The van der Waals surface area contributed by atoms with E-state index in [0.29, 0.717) is 5.75 Å². The second-order valence-electron chi connectivity index (χ2n) is 2.09. The molecule has 0 amide bonds. The lowest BCUT2D eigenvalue weighted by molar-refractivity contribution is -0.608. The van der Waals surface area contributed by atoms with E-state index >= 15 is 0 Å². The normalized spacial score (nSPS) is 9.42. The molecule has 1 aromatic rings. The standard InChI is InChI=1S/C7H7NO4/c1-12-5-2-3-6(7(9)10)8(11)4-5/h2-4H,1H3,(H,9,10). The van der Waals surface area contributed by atoms with Crippen LogP contribution in [0, 0.1) is 5.21 Å². The molecule has 0 bridgehead atoms. The smallest absolute Gasteiger partial charge is 0.402 e. The zero-order valence-corrected chi connectivity index (χ0v) is 6.35. The molecule has 0 unspecified atom stereocenters. The fourth-order valence-corrected chi connectivity index (χ4v) is 0.749. The van der Waals surface area contributed by atoms with Gasteiger partial charge in [0.2, 0.25) is 6.20 Å². The molecule has 1 N–H and O–H groups in total. The van der Waals surface area contributed by atoms with Gasteiger partial charge in [-0.15, -0.1) is 0 Å². The average molecular weight is 169 g/mol. The molecule has 0 atom stereocenters. The average Bonchev–Trinajstić information content (AvgIpc) is 2.03. The summed E-state index contributed by atoms with van der Waals surface area (Å²) in [5, 5.41) is 19.4. The number of carbonyl (C=O) groups is 1. The zero-order chi connectivity index (χ0) is 9.14. The van der Waals surface area contributed by atoms with Gasteiger partial charge in [0, 0.05) is 6.07 Å². The van der Waals surface area contributed by atoms with Crippen molar-refractivity contribution in [3.8, 4) is 5.75 Å². The first-order valence-electron chi connectivity index (χ1n) is 3.15. The number of methoxy groups -OCH3 is 1. The van der Waals surface area contributed by atoms with E-state index in [1.807, 2.05) is 0 Å². The van der Waals surface area contributed by atoms with E-state index in [2.05, 4.69) is 0 Å². The molecule has 1 heterocycles. The van der Waals surface area contributed by atoms with Crippen molar-refractivity contribution in [3.63, 3.8) is 0 Å². The summed E-state index contributed by atoms with van der Waals surface area (Å²) in [7, 11) is 1.40. The number of carboxylic acids is 1. The molecule has 0 spiro atoms. The molecule has 0 saturated carbocycles. The molecule has 0 fully saturated rings. The van der Waals surface area contributed by atoms with Gasteiger partial charge in [-0.25, -0.2) is 4.79 Å². The van der Waals surface area contributed by atoms with Crippen molar-refractivity contribution in [1.82, 2.24) is 0 Å². The number of rotatable bonds is 2. The van der Waals surface area contributed by atoms with Crippen LogP contribution in [0.2, 0.25) is 0 Å². The van der Waals surface area contributed by atoms with Crippen molar-refractivity contribution in [1.29, 1.82) is 0 Å². The van der Waals surface area contributed by atoms with Crippen molar-refractivity contribution in [2.75, 3.05) is 7.11 Å². The molecule has 0 aliphatic heterocycles. The highest BCUT2D eigenvalue weighted by atomic mass is 16.5. The Balaban J connectivity index is 3.12. The summed E-state index contributed by atoms with van der Waals surface area (Å²) in [6.45, 7) is 0. The number of aromatic nitrogens is 1. The van der Waals surface area contributed by atoms with Gasteiger partial charge in [0.15, 0.2) is 5.75 Å². The number of aromatic carboxylic acids is 1. The quantitative estimate of drug-likeness (QED) is 0.500. The predicted octanol–water partition coefficient (Wildman–Crippen LogP) is 0.0268. The third-order valence-corrected chi connectivity index (χ3v) is 1.34. The van der Waals surface area contributed by atoms with Crippen LogP contribution in [-0.2, 0) is 0 Å². The Bertz CT molecular complexity index is 310. The minimum atomic E-state index is -1.26. The molecule has 0 saturated heterocycles. The van der Waals surface area contributed by atoms with Gasteiger partial charge >= 0.3 is 11.7 Å². The third kappa shape index (κ3) is 1.45. The van der Waals surface area contributed by atoms with Crippen LogP contribution in [0.15, 0.2) is 18.3 Å². The first-order chi connectivity index (χ1) is 5.65. The van der Waals surface area contributed by atoms with Gasteiger partial charge in [-0.1, -0.05) is 0 Å². The largest absolute Gasteiger partial charge is 0.618 e. The highest BCUT2D eigenvalue weighted by Gasteiger charge is 2.14. The third-order valence-electron chi connectivity index (χ3n) is 1.34. The van der Waals surface area contributed by atoms with E-state index in [1.54, 1.807) is 0 Å². The molecule has 0 aliphatic rings. The molecule has 12 heavy (non-hydrogen) atoms. The van der Waals surface area contributed by atoms with Crippen LogP contribution >= 0.6 is 0 Å². The molecule has 5 nitrogen and oxygen atoms in total. The molecular weight excluding hydrogens is 162 g/mol. The van der Waals surface area contributed by atoms with Crippen molar-refractivity contribution in [2.45, 2.75) is 0 Å². The zero-order valence-electron chi connectivity index (χ0n) is 6.35. The second kappa shape index (κ2) is 3.08. The van der Waals surface area contributed by atoms with E-state index < -0.39 is 5.97 Å². The molecule has 0 radical (unpaired) electrons. The molecular formula is C7H7NO4. The number of ether oxygens (including phenoxy) is 1. The van der Waals surface area contributed by atoms with Crippen molar-refractivity contribution >= 4 is 5.97 Å². The van der Waals surface area contributed by atoms with Gasteiger partial charge in [0.1, 0.15) is 0 Å². The van der Waals surface area contributed by atoms with Crippen LogP contribution in [0.3, 0.4) is 0 Å². The van der Waals surface area contributed by atoms with Crippen LogP contribution in [0.1, 0.15) is 10.5 Å². The van der Waals surface area contributed by atoms with Gasteiger partial charge in [-0.3, -0.25) is 0 Å². The highest BCUT2D eigenvalue weighted by molar-refractivity contribution is 5.83. The van der Waals surface area contributed by atoms with Crippen molar-refractivity contribution in [3.05, 3.63) is 29.2 Å². The summed E-state index contributed by atoms with van der Waals surface area (Å²) in [5.41, 5.74) is -0.323. The number of hydrogen-bond donors (Lipinski definition) is 1. The molecule has 1 aromatic heterocycles. The van der Waals surface area contributed by atoms with Crippen molar-refractivity contribution < 1.29 is 19.4 Å². The van der Waals surface area contributed by atoms with E-state index in [1.165, 1.54) is 19.2 Å². The summed E-state index contributed by atoms with van der Waals surface area (Å²) in [5.74, 6) is -0.928. The fraction of sp³-hybridized carbons (Fsp3) is 0.143. The number of carboxylic acid groups (broad SMARTS) is 1. The maximum atomic E-state index is 10.9. The highest BCUT2D eigenvalue weighted by Crippen LogP contribution is 2.05. The van der Waals surface area contributed by atoms with E-state index in [0.717, 1.165) is 6.20 Å². The summed E-state index contributed by atoms with van der Waals surface area (Å²) < 4.78 is 4.97. The van der Waals surface area contributed by atoms with E-state index in [4.69, 9.17) is 9.84 Å². The Morgan fingerprint density at radius 3 is 2.75 bits per heavy atom. The summed E-state index contributed by atoms with van der Waals surface area (Å²) in [4.78, 5) is 10.4. The molecule has 1 rings (SSSR count). The molecule has 64 valence electrons. The number of nitrogens with zero attached hydrogens (tertiary/aromatic N) is 1. The Kier molecular flexibility index (Phi) is 2.14. The Morgan fingerprint density at radius 1 is 1.67 bits per heavy atom. The van der Waals surface area contributed by atoms with Crippen LogP contribution in [0.5, 0.6) is 5.75 Å². The molecule has 0 aromatic carbocycles. The second-order valence-corrected chi connectivity index (χ2v) is 2.09. The molecule has 5 heteroatoms. The SMILES string of the molecule is COc1ccc(C(=O)O)[n+]([O-])c1. The fourth-order valence-electron chi connectivity index (χ4n) is 0.749. The van der Waals surface area contributed by atoms with Gasteiger partial charge in [-0.05, 0) is 6.07 Å². The molecule has 0 aliphatic carbocycles. The Hall–Kier alpha value is -1.78. The Labute approximate surface area is 68.4 Å². The summed E-state index contributed by atoms with van der Waals surface area (Å²) in [6.07, 6.45) is 1.06. The minimum Gasteiger partial charge on any atom is -0.618 e. The lowest BCUT2D eigenvalue weighted by Gasteiger charge is -2.01. The summed E-state index contributed by atoms with van der Waals surface area (Å²) in [6, 6.07) is 2.60. The lowest BCUT2D eigenvalue weighted by atomic mass is 10.3. The van der Waals surface area contributed by atoms with Gasteiger partial charge in [0.05, 0.1) is 7.11 Å². The van der Waals surface area contributed by atoms with Gasteiger partial charge in [0.25, 0.3) is 0 Å². The lowest BCUT2D eigenvalue weighted by Crippen LogP contribution is -2.33. The predicted molar refractivity (Wildman–Crippen MR) is 38.9 cm³/mol.